The van der Waals surface area contributed by atoms with Crippen LogP contribution in [-0.4, -0.2) is 28.7 Å². The van der Waals surface area contributed by atoms with Crippen LogP contribution in [0.3, 0.4) is 0 Å². The maximum Gasteiger partial charge on any atom is 0.328 e. The van der Waals surface area contributed by atoms with Gasteiger partial charge in [-0.15, -0.1) is 11.3 Å². The molecule has 4 aromatic rings. The number of aliphatic carboxylic acids is 2. The molecule has 7 heteroatoms. The summed E-state index contributed by atoms with van der Waals surface area (Å²) in [6.45, 7) is 1.06. The van der Waals surface area contributed by atoms with Gasteiger partial charge in [-0.3, -0.25) is 0 Å². The second-order valence-electron chi connectivity index (χ2n) is 7.96. The second-order valence-corrected chi connectivity index (χ2v) is 9.10. The van der Waals surface area contributed by atoms with Crippen LogP contribution in [0, 0.1) is 0 Å². The molecule has 1 unspecified atom stereocenters. The van der Waals surface area contributed by atoms with Crippen molar-refractivity contribution in [3.8, 4) is 11.5 Å². The van der Waals surface area contributed by atoms with E-state index in [2.05, 4.69) is 53.8 Å². The molecule has 35 heavy (non-hydrogen) atoms. The van der Waals surface area contributed by atoms with E-state index < -0.39 is 11.9 Å². The number of nitrogens with one attached hydrogen (secondary N) is 1. The zero-order valence-electron chi connectivity index (χ0n) is 18.9. The molecular formula is C28H25NO5S. The summed E-state index contributed by atoms with van der Waals surface area (Å²) >= 11 is 1.96. The van der Waals surface area contributed by atoms with Crippen LogP contribution in [0.1, 0.15) is 22.0 Å². The van der Waals surface area contributed by atoms with Crippen LogP contribution >= 0.6 is 11.3 Å². The molecule has 3 N–H and O–H groups in total. The van der Waals surface area contributed by atoms with Crippen molar-refractivity contribution in [3.63, 3.8) is 0 Å². The quantitative estimate of drug-likeness (QED) is 0.296. The summed E-state index contributed by atoms with van der Waals surface area (Å²) in [5, 5.41) is 20.8. The number of carbonyl (C=O) groups is 2. The Hall–Kier alpha value is -3.94. The number of hydrogen-bond acceptors (Lipinski definition) is 5. The summed E-state index contributed by atoms with van der Waals surface area (Å²) in [6.07, 6.45) is 3.25. The summed E-state index contributed by atoms with van der Waals surface area (Å²) in [7, 11) is 0. The number of carboxylic acid groups (broad SMARTS) is 2. The first-order valence-electron chi connectivity index (χ1n) is 11.2. The van der Waals surface area contributed by atoms with Crippen molar-refractivity contribution in [1.82, 2.24) is 5.32 Å². The van der Waals surface area contributed by atoms with Crippen LogP contribution in [0.4, 0.5) is 0 Å². The fourth-order valence-electron chi connectivity index (χ4n) is 4.02. The second kappa shape index (κ2) is 11.5. The van der Waals surface area contributed by atoms with E-state index in [1.807, 2.05) is 41.7 Å². The van der Waals surface area contributed by atoms with Crippen molar-refractivity contribution in [2.75, 3.05) is 6.54 Å². The minimum Gasteiger partial charge on any atom is -0.478 e. The Morgan fingerprint density at radius 2 is 1.51 bits per heavy atom. The largest absolute Gasteiger partial charge is 0.478 e. The highest BCUT2D eigenvalue weighted by Crippen LogP contribution is 2.39. The fourth-order valence-corrected chi connectivity index (χ4v) is 5.28. The Bertz CT molecular complexity index is 1310. The molecule has 1 aliphatic heterocycles. The van der Waals surface area contributed by atoms with Crippen LogP contribution in [0.2, 0.25) is 0 Å². The lowest BCUT2D eigenvalue weighted by Gasteiger charge is -2.25. The van der Waals surface area contributed by atoms with Gasteiger partial charge in [0.2, 0.25) is 0 Å². The smallest absolute Gasteiger partial charge is 0.328 e. The molecule has 1 atom stereocenters. The van der Waals surface area contributed by atoms with Crippen molar-refractivity contribution < 1.29 is 24.5 Å². The molecule has 3 aromatic carbocycles. The number of ether oxygens (including phenoxy) is 1. The predicted octanol–water partition coefficient (Wildman–Crippen LogP) is 5.83. The van der Waals surface area contributed by atoms with Gasteiger partial charge in [0.1, 0.15) is 11.5 Å². The Labute approximate surface area is 207 Å². The van der Waals surface area contributed by atoms with Crippen molar-refractivity contribution >= 4 is 33.4 Å². The number of fused-ring (bicyclic) bond motifs is 3. The van der Waals surface area contributed by atoms with Gasteiger partial charge in [0.25, 0.3) is 0 Å². The molecule has 6 nitrogen and oxygen atoms in total. The fraction of sp³-hybridized carbons (Fsp3) is 0.143. The van der Waals surface area contributed by atoms with E-state index >= 15 is 0 Å². The number of rotatable bonds is 6. The average Bonchev–Trinajstić information content (AvgIpc) is 3.25. The van der Waals surface area contributed by atoms with E-state index in [1.54, 1.807) is 4.88 Å². The Balaban J connectivity index is 0.000000314. The van der Waals surface area contributed by atoms with Gasteiger partial charge in [0.15, 0.2) is 0 Å². The highest BCUT2D eigenvalue weighted by molar-refractivity contribution is 7.19. The van der Waals surface area contributed by atoms with Crippen molar-refractivity contribution in [2.24, 2.45) is 0 Å². The van der Waals surface area contributed by atoms with Crippen LogP contribution in [0.15, 0.2) is 91.0 Å². The van der Waals surface area contributed by atoms with Gasteiger partial charge in [-0.2, -0.15) is 0 Å². The summed E-state index contributed by atoms with van der Waals surface area (Å²) in [5.41, 5.74) is 2.84. The molecule has 0 aliphatic carbocycles. The highest BCUT2D eigenvalue weighted by atomic mass is 32.1. The third-order valence-corrected chi connectivity index (χ3v) is 6.76. The number of hydrogen-bond donors (Lipinski definition) is 3. The summed E-state index contributed by atoms with van der Waals surface area (Å²) in [6, 6.07) is 27.6. The highest BCUT2D eigenvalue weighted by Gasteiger charge is 2.24. The summed E-state index contributed by atoms with van der Waals surface area (Å²) in [4.78, 5) is 20.7. The maximum atomic E-state index is 9.55. The van der Waals surface area contributed by atoms with E-state index in [-0.39, 0.29) is 0 Å². The topological polar surface area (TPSA) is 95.9 Å². The third-order valence-electron chi connectivity index (χ3n) is 5.51. The number of para-hydroxylation sites is 1. The van der Waals surface area contributed by atoms with Gasteiger partial charge in [0.05, 0.1) is 0 Å². The molecule has 0 fully saturated rings. The molecule has 1 aromatic heterocycles. The van der Waals surface area contributed by atoms with Gasteiger partial charge in [-0.25, -0.2) is 9.59 Å². The predicted molar refractivity (Wildman–Crippen MR) is 137 cm³/mol. The van der Waals surface area contributed by atoms with Crippen LogP contribution in [0.5, 0.6) is 11.5 Å². The van der Waals surface area contributed by atoms with E-state index in [1.165, 1.54) is 21.2 Å². The minimum absolute atomic E-state index is 0.380. The van der Waals surface area contributed by atoms with E-state index in [0.717, 1.165) is 30.9 Å². The standard InChI is InChI=1S/C24H21NOS.C4H4O4/c1-2-6-18(7-3-1)26-19-12-10-17(11-13-19)16-21-24-20-8-4-5-9-22(20)27-23(24)14-15-25-21;5-3(6)1-2-4(7)8/h1-13,21,25H,14-16H2;1-2H,(H,5,6)(H,7,8)/b;2-1+. The van der Waals surface area contributed by atoms with Gasteiger partial charge < -0.3 is 20.3 Å². The molecule has 178 valence electrons. The Kier molecular flexibility index (Phi) is 7.92. The van der Waals surface area contributed by atoms with Gasteiger partial charge >= 0.3 is 11.9 Å². The van der Waals surface area contributed by atoms with Crippen molar-refractivity contribution in [2.45, 2.75) is 18.9 Å². The molecule has 0 amide bonds. The van der Waals surface area contributed by atoms with Crippen LogP contribution in [0.25, 0.3) is 10.1 Å². The summed E-state index contributed by atoms with van der Waals surface area (Å²) in [5.74, 6) is -0.767. The third kappa shape index (κ3) is 6.56. The Morgan fingerprint density at radius 3 is 2.20 bits per heavy atom. The lowest BCUT2D eigenvalue weighted by atomic mass is 9.93. The van der Waals surface area contributed by atoms with Gasteiger partial charge in [-0.1, -0.05) is 48.5 Å². The average molecular weight is 488 g/mol. The van der Waals surface area contributed by atoms with E-state index in [9.17, 15) is 9.59 Å². The summed E-state index contributed by atoms with van der Waals surface area (Å²) < 4.78 is 7.32. The molecule has 1 aliphatic rings. The molecule has 0 spiro atoms. The first kappa shape index (κ1) is 24.2. The number of carboxylic acids is 2. The molecule has 5 rings (SSSR count). The van der Waals surface area contributed by atoms with E-state index in [4.69, 9.17) is 14.9 Å². The maximum absolute atomic E-state index is 9.55. The zero-order chi connectivity index (χ0) is 24.6. The zero-order valence-corrected chi connectivity index (χ0v) is 19.7. The molecule has 2 heterocycles. The first-order chi connectivity index (χ1) is 17.0. The lowest BCUT2D eigenvalue weighted by molar-refractivity contribution is -0.134. The van der Waals surface area contributed by atoms with E-state index in [0.29, 0.717) is 18.2 Å². The number of benzene rings is 3. The first-order valence-corrected chi connectivity index (χ1v) is 12.0. The lowest BCUT2D eigenvalue weighted by Crippen LogP contribution is -2.30. The number of thiophene rings is 1. The molecule has 0 radical (unpaired) electrons. The van der Waals surface area contributed by atoms with Gasteiger partial charge in [0, 0.05) is 34.3 Å². The normalized spacial score (nSPS) is 14.7. The van der Waals surface area contributed by atoms with Crippen LogP contribution < -0.4 is 10.1 Å². The van der Waals surface area contributed by atoms with Crippen LogP contribution in [-0.2, 0) is 22.4 Å². The molecule has 0 saturated carbocycles. The van der Waals surface area contributed by atoms with Gasteiger partial charge in [-0.05, 0) is 59.7 Å². The molecular weight excluding hydrogens is 462 g/mol. The van der Waals surface area contributed by atoms with Crippen molar-refractivity contribution in [1.29, 1.82) is 0 Å². The SMILES string of the molecule is O=C(O)/C=C/C(=O)O.c1ccc(Oc2ccc(CC3NCCc4sc5ccccc5c43)cc2)cc1. The monoisotopic (exact) mass is 487 g/mol. The molecule has 0 saturated heterocycles. The Morgan fingerprint density at radius 1 is 0.886 bits per heavy atom. The van der Waals surface area contributed by atoms with Crippen molar-refractivity contribution in [3.05, 3.63) is 107 Å². The minimum atomic E-state index is -1.26. The molecule has 0 bridgehead atoms.